The van der Waals surface area contributed by atoms with Crippen LogP contribution in [-0.2, 0) is 6.54 Å². The lowest BCUT2D eigenvalue weighted by atomic mass is 10.2. The molecule has 0 bridgehead atoms. The second-order valence-electron chi connectivity index (χ2n) is 3.60. The van der Waals surface area contributed by atoms with E-state index in [4.69, 9.17) is 11.6 Å². The third kappa shape index (κ3) is 3.17. The lowest BCUT2D eigenvalue weighted by Crippen LogP contribution is -2.02. The van der Waals surface area contributed by atoms with Gasteiger partial charge in [0.1, 0.15) is 11.6 Å². The third-order valence-electron chi connectivity index (χ3n) is 2.32. The maximum absolute atomic E-state index is 13.3. The fourth-order valence-electron chi connectivity index (χ4n) is 1.46. The predicted molar refractivity (Wildman–Crippen MR) is 65.1 cm³/mol. The Hall–Kier alpha value is -1.61. The first-order valence-corrected chi connectivity index (χ1v) is 5.46. The minimum atomic E-state index is -0.575. The summed E-state index contributed by atoms with van der Waals surface area (Å²) in [4.78, 5) is 0. The van der Waals surface area contributed by atoms with Gasteiger partial charge < -0.3 is 5.32 Å². The summed E-state index contributed by atoms with van der Waals surface area (Å²) in [5, 5.41) is 3.62. The van der Waals surface area contributed by atoms with Crippen LogP contribution in [0.5, 0.6) is 0 Å². The lowest BCUT2D eigenvalue weighted by Gasteiger charge is -2.07. The molecule has 88 valence electrons. The van der Waals surface area contributed by atoms with E-state index < -0.39 is 11.6 Å². The Morgan fingerprint density at radius 2 is 1.88 bits per heavy atom. The van der Waals surface area contributed by atoms with Crippen LogP contribution in [0.15, 0.2) is 42.5 Å². The van der Waals surface area contributed by atoms with Crippen LogP contribution in [0.4, 0.5) is 14.5 Å². The standard InChI is InChI=1S/C13H10ClF2N/c14-10-2-1-3-12(6-10)17-8-9-4-5-11(15)7-13(9)16/h1-7,17H,8H2. The zero-order chi connectivity index (χ0) is 12.3. The van der Waals surface area contributed by atoms with E-state index in [-0.39, 0.29) is 6.54 Å². The Labute approximate surface area is 103 Å². The van der Waals surface area contributed by atoms with Crippen molar-refractivity contribution in [2.75, 3.05) is 5.32 Å². The normalized spacial score (nSPS) is 10.3. The first-order chi connectivity index (χ1) is 8.15. The molecule has 2 rings (SSSR count). The topological polar surface area (TPSA) is 12.0 Å². The molecule has 1 nitrogen and oxygen atoms in total. The molecule has 0 heterocycles. The van der Waals surface area contributed by atoms with Gasteiger partial charge in [0.05, 0.1) is 0 Å². The number of hydrogen-bond acceptors (Lipinski definition) is 1. The maximum Gasteiger partial charge on any atom is 0.131 e. The molecule has 0 spiro atoms. The van der Waals surface area contributed by atoms with E-state index in [1.54, 1.807) is 18.2 Å². The maximum atomic E-state index is 13.3. The van der Waals surface area contributed by atoms with Crippen LogP contribution in [-0.4, -0.2) is 0 Å². The molecule has 0 atom stereocenters. The van der Waals surface area contributed by atoms with Crippen LogP contribution in [0, 0.1) is 11.6 Å². The Kier molecular flexibility index (Phi) is 3.59. The summed E-state index contributed by atoms with van der Waals surface area (Å²) in [6, 6.07) is 10.6. The van der Waals surface area contributed by atoms with Gasteiger partial charge in [-0.3, -0.25) is 0 Å². The molecule has 0 aromatic heterocycles. The van der Waals surface area contributed by atoms with E-state index >= 15 is 0 Å². The molecule has 4 heteroatoms. The monoisotopic (exact) mass is 253 g/mol. The van der Waals surface area contributed by atoms with E-state index in [0.717, 1.165) is 11.8 Å². The van der Waals surface area contributed by atoms with Gasteiger partial charge in [-0.15, -0.1) is 0 Å². The zero-order valence-electron chi connectivity index (χ0n) is 8.88. The van der Waals surface area contributed by atoms with Gasteiger partial charge in [0.15, 0.2) is 0 Å². The van der Waals surface area contributed by atoms with Crippen LogP contribution in [0.1, 0.15) is 5.56 Å². The van der Waals surface area contributed by atoms with Gasteiger partial charge in [-0.05, 0) is 24.3 Å². The Morgan fingerprint density at radius 1 is 1.06 bits per heavy atom. The molecular formula is C13H10ClF2N. The third-order valence-corrected chi connectivity index (χ3v) is 2.56. The molecule has 0 unspecified atom stereocenters. The summed E-state index contributed by atoms with van der Waals surface area (Å²) in [5.41, 5.74) is 1.20. The van der Waals surface area contributed by atoms with Gasteiger partial charge in [0, 0.05) is 28.9 Å². The van der Waals surface area contributed by atoms with Gasteiger partial charge in [0.25, 0.3) is 0 Å². The van der Waals surface area contributed by atoms with E-state index in [1.165, 1.54) is 12.1 Å². The molecule has 0 fully saturated rings. The number of anilines is 1. The second-order valence-corrected chi connectivity index (χ2v) is 4.04. The van der Waals surface area contributed by atoms with Gasteiger partial charge in [-0.2, -0.15) is 0 Å². The van der Waals surface area contributed by atoms with E-state index in [0.29, 0.717) is 10.6 Å². The average Bonchev–Trinajstić information content (AvgIpc) is 2.28. The molecule has 0 radical (unpaired) electrons. The fraction of sp³-hybridized carbons (Fsp3) is 0.0769. The quantitative estimate of drug-likeness (QED) is 0.863. The van der Waals surface area contributed by atoms with Crippen LogP contribution < -0.4 is 5.32 Å². The Morgan fingerprint density at radius 3 is 2.59 bits per heavy atom. The molecule has 0 aliphatic carbocycles. The molecule has 2 aromatic rings. The van der Waals surface area contributed by atoms with Crippen LogP contribution >= 0.6 is 11.6 Å². The van der Waals surface area contributed by atoms with Gasteiger partial charge in [0.2, 0.25) is 0 Å². The van der Waals surface area contributed by atoms with Crippen molar-refractivity contribution in [2.45, 2.75) is 6.54 Å². The number of hydrogen-bond donors (Lipinski definition) is 1. The van der Waals surface area contributed by atoms with Crippen molar-refractivity contribution >= 4 is 17.3 Å². The first-order valence-electron chi connectivity index (χ1n) is 5.08. The summed E-state index contributed by atoms with van der Waals surface area (Å²) >= 11 is 5.81. The number of halogens is 3. The van der Waals surface area contributed by atoms with E-state index in [2.05, 4.69) is 5.32 Å². The minimum Gasteiger partial charge on any atom is -0.381 e. The molecule has 0 saturated heterocycles. The smallest absolute Gasteiger partial charge is 0.131 e. The van der Waals surface area contributed by atoms with Crippen molar-refractivity contribution in [3.8, 4) is 0 Å². The lowest BCUT2D eigenvalue weighted by molar-refractivity contribution is 0.574. The molecule has 1 N–H and O–H groups in total. The molecule has 0 aliphatic heterocycles. The molecule has 17 heavy (non-hydrogen) atoms. The molecule has 2 aromatic carbocycles. The molecule has 0 aliphatic rings. The first kappa shape index (κ1) is 11.9. The Balaban J connectivity index is 2.07. The SMILES string of the molecule is Fc1ccc(CNc2cccc(Cl)c2)c(F)c1. The Bertz CT molecular complexity index is 529. The highest BCUT2D eigenvalue weighted by atomic mass is 35.5. The molecular weight excluding hydrogens is 244 g/mol. The summed E-state index contributed by atoms with van der Waals surface area (Å²) in [5.74, 6) is -1.13. The molecule has 0 amide bonds. The van der Waals surface area contributed by atoms with Crippen molar-refractivity contribution < 1.29 is 8.78 Å². The van der Waals surface area contributed by atoms with Crippen LogP contribution in [0.25, 0.3) is 0 Å². The highest BCUT2D eigenvalue weighted by molar-refractivity contribution is 6.30. The van der Waals surface area contributed by atoms with Gasteiger partial charge in [-0.1, -0.05) is 23.7 Å². The van der Waals surface area contributed by atoms with Crippen molar-refractivity contribution in [1.29, 1.82) is 0 Å². The van der Waals surface area contributed by atoms with E-state index in [1.807, 2.05) is 6.07 Å². The van der Waals surface area contributed by atoms with Gasteiger partial charge in [-0.25, -0.2) is 8.78 Å². The number of benzene rings is 2. The van der Waals surface area contributed by atoms with E-state index in [9.17, 15) is 8.78 Å². The van der Waals surface area contributed by atoms with Crippen molar-refractivity contribution in [3.63, 3.8) is 0 Å². The minimum absolute atomic E-state index is 0.284. The summed E-state index contributed by atoms with van der Waals surface area (Å²) in [6.45, 7) is 0.284. The second kappa shape index (κ2) is 5.15. The molecule has 0 saturated carbocycles. The summed E-state index contributed by atoms with van der Waals surface area (Å²) in [7, 11) is 0. The highest BCUT2D eigenvalue weighted by Crippen LogP contribution is 2.17. The average molecular weight is 254 g/mol. The summed E-state index contributed by atoms with van der Waals surface area (Å²) in [6.07, 6.45) is 0. The van der Waals surface area contributed by atoms with Gasteiger partial charge >= 0.3 is 0 Å². The number of rotatable bonds is 3. The van der Waals surface area contributed by atoms with Crippen LogP contribution in [0.3, 0.4) is 0 Å². The van der Waals surface area contributed by atoms with Crippen LogP contribution in [0.2, 0.25) is 5.02 Å². The fourth-order valence-corrected chi connectivity index (χ4v) is 1.65. The zero-order valence-corrected chi connectivity index (χ0v) is 9.64. The van der Waals surface area contributed by atoms with Crippen molar-refractivity contribution in [1.82, 2.24) is 0 Å². The van der Waals surface area contributed by atoms with Crippen molar-refractivity contribution in [2.24, 2.45) is 0 Å². The predicted octanol–water partition coefficient (Wildman–Crippen LogP) is 4.23. The largest absolute Gasteiger partial charge is 0.381 e. The highest BCUT2D eigenvalue weighted by Gasteiger charge is 2.03. The summed E-state index contributed by atoms with van der Waals surface area (Å²) < 4.78 is 26.0. The van der Waals surface area contributed by atoms with Crippen molar-refractivity contribution in [3.05, 3.63) is 64.7 Å². The number of nitrogens with one attached hydrogen (secondary N) is 1.